The number of hydrogen-bond acceptors (Lipinski definition) is 12. The number of carbonyl (C=O) groups excluding carboxylic acids is 1. The number of piperazine rings is 1. The summed E-state index contributed by atoms with van der Waals surface area (Å²) in [6.07, 6.45) is 1.98. The van der Waals surface area contributed by atoms with Gasteiger partial charge in [0.2, 0.25) is 5.91 Å². The summed E-state index contributed by atoms with van der Waals surface area (Å²) in [7, 11) is 0. The lowest BCUT2D eigenvalue weighted by atomic mass is 10.0. The minimum absolute atomic E-state index is 0.0643. The Balaban J connectivity index is 1.39. The number of amides is 1. The van der Waals surface area contributed by atoms with Gasteiger partial charge in [0.05, 0.1) is 23.5 Å². The molecular formula is C40H43N5O15. The fourth-order valence-corrected chi connectivity index (χ4v) is 6.81. The Morgan fingerprint density at radius 1 is 0.633 bits per heavy atom. The van der Waals surface area contributed by atoms with Crippen LogP contribution in [-0.2, 0) is 35.2 Å². The van der Waals surface area contributed by atoms with Crippen molar-refractivity contribution in [1.82, 2.24) is 14.8 Å². The highest BCUT2D eigenvalue weighted by molar-refractivity contribution is 6.00. The molecule has 3 aromatic carbocycles. The Morgan fingerprint density at radius 2 is 1.18 bits per heavy atom. The molecule has 1 amide bonds. The van der Waals surface area contributed by atoms with Crippen molar-refractivity contribution < 1.29 is 73.7 Å². The van der Waals surface area contributed by atoms with E-state index in [9.17, 15) is 59.1 Å². The highest BCUT2D eigenvalue weighted by atomic mass is 16.5. The number of ether oxygens (including phenoxy) is 2. The van der Waals surface area contributed by atoms with Crippen molar-refractivity contribution in [3.05, 3.63) is 71.9 Å². The molecule has 0 unspecified atom stereocenters. The number of aliphatic carboxylic acids is 5. The van der Waals surface area contributed by atoms with Crippen LogP contribution in [0, 0.1) is 0 Å². The molecule has 1 fully saturated rings. The second-order valence-corrected chi connectivity index (χ2v) is 13.8. The number of aromatic amines is 1. The summed E-state index contributed by atoms with van der Waals surface area (Å²) in [5, 5.41) is 57.4. The number of H-pyrrole nitrogens is 1. The first-order chi connectivity index (χ1) is 28.6. The van der Waals surface area contributed by atoms with Crippen molar-refractivity contribution in [3.63, 3.8) is 0 Å². The number of aromatic carboxylic acids is 1. The summed E-state index contributed by atoms with van der Waals surface area (Å²) in [5.74, 6) is -7.28. The normalized spacial score (nSPS) is 12.8. The van der Waals surface area contributed by atoms with E-state index in [1.54, 1.807) is 46.3 Å². The lowest BCUT2D eigenvalue weighted by molar-refractivity contribution is -0.140. The quantitative estimate of drug-likeness (QED) is 0.0558. The molecule has 0 atom stereocenters. The van der Waals surface area contributed by atoms with Gasteiger partial charge in [0, 0.05) is 55.3 Å². The van der Waals surface area contributed by atoms with Gasteiger partial charge in [-0.15, -0.1) is 0 Å². The molecule has 7 N–H and O–H groups in total. The molecule has 5 rings (SSSR count). The number of hydrogen-bond donors (Lipinski definition) is 7. The largest absolute Gasteiger partial charge is 0.488 e. The summed E-state index contributed by atoms with van der Waals surface area (Å²) in [5.41, 5.74) is 2.65. The van der Waals surface area contributed by atoms with Crippen molar-refractivity contribution in [2.24, 2.45) is 0 Å². The lowest BCUT2D eigenvalue weighted by Gasteiger charge is -2.33. The summed E-state index contributed by atoms with van der Waals surface area (Å²) < 4.78 is 12.2. The third-order valence-corrected chi connectivity index (χ3v) is 9.52. The van der Waals surface area contributed by atoms with Crippen molar-refractivity contribution in [1.29, 1.82) is 0 Å². The molecule has 0 radical (unpaired) electrons. The molecule has 1 saturated heterocycles. The van der Waals surface area contributed by atoms with Crippen LogP contribution in [0.15, 0.2) is 60.8 Å². The van der Waals surface area contributed by atoms with Gasteiger partial charge in [-0.3, -0.25) is 33.7 Å². The number of aryl methyl sites for hydroxylation is 1. The second kappa shape index (κ2) is 19.9. The number of anilines is 2. The standard InChI is InChI=1S/C40H43N5O15/c46-34(43-11-9-42(10-12-43)19-35(47)48)8-2-24-1-6-30(44(20-36(49)50)21-37(51)52)32(15-24)59-13-14-60-33-17-25(4-7-31(33)45(22-38(53)54)23-39(55)56)28-18-41-29-16-26(40(57)58)3-5-27(28)29/h1,3-7,15-18,41H,2,8-14,19-23H2,(H,47,48)(H,49,50)(H,51,52)(H,53,54)(H,55,56)(H,57,58). The molecule has 2 heterocycles. The third kappa shape index (κ3) is 11.8. The fraction of sp³-hybridized carbons (Fsp3) is 0.325. The first kappa shape index (κ1) is 43.8. The number of carbonyl (C=O) groups is 7. The third-order valence-electron chi connectivity index (χ3n) is 9.52. The van der Waals surface area contributed by atoms with Crippen molar-refractivity contribution in [2.75, 3.05) is 81.9 Å². The minimum atomic E-state index is -1.31. The predicted molar refractivity (Wildman–Crippen MR) is 212 cm³/mol. The average molecular weight is 834 g/mol. The Hall–Kier alpha value is -7.35. The van der Waals surface area contributed by atoms with E-state index in [2.05, 4.69) is 4.98 Å². The summed E-state index contributed by atoms with van der Waals surface area (Å²) in [4.78, 5) is 91.2. The number of nitrogens with zero attached hydrogens (tertiary/aromatic N) is 4. The number of aromatic nitrogens is 1. The van der Waals surface area contributed by atoms with Gasteiger partial charge in [-0.25, -0.2) is 4.79 Å². The Labute approximate surface area is 341 Å². The second-order valence-electron chi connectivity index (χ2n) is 13.8. The summed E-state index contributed by atoms with van der Waals surface area (Å²) >= 11 is 0. The number of nitrogens with one attached hydrogen (secondary N) is 1. The van der Waals surface area contributed by atoms with Gasteiger partial charge < -0.3 is 59.8 Å². The molecule has 4 aromatic rings. The SMILES string of the molecule is O=C(O)CN1CCN(C(=O)CCc2ccc(N(CC(=O)O)CC(=O)O)c(OCCOc3cc(-c4c[nH]c5cc(C(=O)O)ccc45)ccc3N(CC(=O)O)CC(=O)O)c2)CC1. The highest BCUT2D eigenvalue weighted by Gasteiger charge is 2.24. The number of carboxylic acid groups (broad SMARTS) is 6. The topological polar surface area (TPSA) is 288 Å². The van der Waals surface area contributed by atoms with Gasteiger partial charge in [-0.05, 0) is 53.9 Å². The first-order valence-corrected chi connectivity index (χ1v) is 18.5. The number of carboxylic acids is 6. The maximum Gasteiger partial charge on any atom is 0.335 e. The minimum Gasteiger partial charge on any atom is -0.488 e. The number of rotatable bonds is 22. The number of fused-ring (bicyclic) bond motifs is 1. The van der Waals surface area contributed by atoms with Crippen LogP contribution in [0.2, 0.25) is 0 Å². The summed E-state index contributed by atoms with van der Waals surface area (Å²) in [6.45, 7) is -1.76. The van der Waals surface area contributed by atoms with Crippen molar-refractivity contribution in [2.45, 2.75) is 12.8 Å². The van der Waals surface area contributed by atoms with Crippen LogP contribution in [-0.4, -0.2) is 159 Å². The van der Waals surface area contributed by atoms with E-state index in [4.69, 9.17) is 14.6 Å². The van der Waals surface area contributed by atoms with Crippen LogP contribution in [0.4, 0.5) is 11.4 Å². The first-order valence-electron chi connectivity index (χ1n) is 18.5. The Bertz CT molecular complexity index is 2230. The van der Waals surface area contributed by atoms with Gasteiger partial charge in [-0.1, -0.05) is 18.2 Å². The molecule has 0 spiro atoms. The van der Waals surface area contributed by atoms with E-state index >= 15 is 0 Å². The van der Waals surface area contributed by atoms with E-state index in [0.717, 1.165) is 9.80 Å². The van der Waals surface area contributed by atoms with Crippen molar-refractivity contribution >= 4 is 64.0 Å². The molecule has 0 saturated carbocycles. The van der Waals surface area contributed by atoms with Crippen LogP contribution in [0.1, 0.15) is 22.3 Å². The molecule has 1 aliphatic rings. The molecule has 20 nitrogen and oxygen atoms in total. The van der Waals surface area contributed by atoms with Gasteiger partial charge in [0.1, 0.15) is 50.9 Å². The van der Waals surface area contributed by atoms with E-state index in [1.807, 2.05) is 0 Å². The van der Waals surface area contributed by atoms with Crippen LogP contribution < -0.4 is 19.3 Å². The van der Waals surface area contributed by atoms with Crippen LogP contribution in [0.5, 0.6) is 11.5 Å². The van der Waals surface area contributed by atoms with E-state index in [1.165, 1.54) is 24.3 Å². The van der Waals surface area contributed by atoms with Crippen LogP contribution in [0.3, 0.4) is 0 Å². The molecule has 20 heteroatoms. The summed E-state index contributed by atoms with van der Waals surface area (Å²) in [6, 6.07) is 13.9. The average Bonchev–Trinajstić information content (AvgIpc) is 3.61. The smallest absolute Gasteiger partial charge is 0.335 e. The predicted octanol–water partition coefficient (Wildman–Crippen LogP) is 2.10. The molecule has 0 aliphatic carbocycles. The van der Waals surface area contributed by atoms with Crippen LogP contribution >= 0.6 is 0 Å². The zero-order chi connectivity index (χ0) is 43.5. The van der Waals surface area contributed by atoms with Gasteiger partial charge in [0.15, 0.2) is 0 Å². The maximum absolute atomic E-state index is 13.1. The van der Waals surface area contributed by atoms with Crippen LogP contribution in [0.25, 0.3) is 22.0 Å². The molecule has 1 aliphatic heterocycles. The van der Waals surface area contributed by atoms with E-state index < -0.39 is 62.0 Å². The maximum atomic E-state index is 13.1. The zero-order valence-corrected chi connectivity index (χ0v) is 32.1. The molecule has 0 bridgehead atoms. The van der Waals surface area contributed by atoms with Gasteiger partial charge in [-0.2, -0.15) is 0 Å². The van der Waals surface area contributed by atoms with Gasteiger partial charge >= 0.3 is 35.8 Å². The monoisotopic (exact) mass is 833 g/mol. The lowest BCUT2D eigenvalue weighted by Crippen LogP contribution is -2.49. The number of benzene rings is 3. The molecular weight excluding hydrogens is 790 g/mol. The molecule has 1 aromatic heterocycles. The van der Waals surface area contributed by atoms with E-state index in [-0.39, 0.29) is 66.9 Å². The Morgan fingerprint density at radius 3 is 1.72 bits per heavy atom. The fourth-order valence-electron chi connectivity index (χ4n) is 6.81. The molecule has 60 heavy (non-hydrogen) atoms. The highest BCUT2D eigenvalue weighted by Crippen LogP contribution is 2.37. The molecule has 318 valence electrons. The van der Waals surface area contributed by atoms with Crippen molar-refractivity contribution in [3.8, 4) is 22.6 Å². The Kier molecular flexibility index (Phi) is 14.5. The van der Waals surface area contributed by atoms with E-state index in [0.29, 0.717) is 53.8 Å². The van der Waals surface area contributed by atoms with Gasteiger partial charge in [0.25, 0.3) is 0 Å². The zero-order valence-electron chi connectivity index (χ0n) is 32.1.